The minimum absolute atomic E-state index is 0.0567. The van der Waals surface area contributed by atoms with Gasteiger partial charge in [-0.3, -0.25) is 4.79 Å². The number of amides is 1. The summed E-state index contributed by atoms with van der Waals surface area (Å²) >= 11 is 0. The zero-order chi connectivity index (χ0) is 13.0. The smallest absolute Gasteiger partial charge is 0.326 e. The monoisotopic (exact) mass is 239 g/mol. The van der Waals surface area contributed by atoms with Gasteiger partial charge in [0.05, 0.1) is 0 Å². The Balaban J connectivity index is 2.71. The minimum atomic E-state index is -0.955. The largest absolute Gasteiger partial charge is 0.480 e. The van der Waals surface area contributed by atoms with Gasteiger partial charge in [-0.05, 0) is 32.1 Å². The molecule has 0 bridgehead atoms. The number of hydrogen-bond acceptors (Lipinski definition) is 2. The first kappa shape index (κ1) is 13.7. The van der Waals surface area contributed by atoms with Crippen LogP contribution in [-0.4, -0.2) is 23.0 Å². The molecule has 0 fully saturated rings. The second-order valence-corrected chi connectivity index (χ2v) is 4.79. The van der Waals surface area contributed by atoms with Crippen LogP contribution in [0, 0.1) is 5.92 Å². The number of carboxylic acids is 1. The molecule has 0 heterocycles. The summed E-state index contributed by atoms with van der Waals surface area (Å²) in [6, 6.07) is -0.784. The number of carbonyl (C=O) groups is 2. The van der Waals surface area contributed by atoms with E-state index in [0.717, 1.165) is 36.8 Å². The number of aliphatic carboxylic acids is 1. The van der Waals surface area contributed by atoms with Crippen molar-refractivity contribution in [2.75, 3.05) is 0 Å². The van der Waals surface area contributed by atoms with Gasteiger partial charge < -0.3 is 10.4 Å². The number of allylic oxidation sites excluding steroid dienone is 1. The van der Waals surface area contributed by atoms with Gasteiger partial charge in [0.2, 0.25) is 5.91 Å². The third-order valence-corrected chi connectivity index (χ3v) is 3.53. The van der Waals surface area contributed by atoms with Crippen molar-refractivity contribution in [1.29, 1.82) is 0 Å². The van der Waals surface area contributed by atoms with E-state index in [1.54, 1.807) is 0 Å². The van der Waals surface area contributed by atoms with E-state index in [-0.39, 0.29) is 11.8 Å². The lowest BCUT2D eigenvalue weighted by Gasteiger charge is -2.20. The molecule has 0 saturated heterocycles. The fraction of sp³-hybridized carbons (Fsp3) is 0.692. The first-order valence-electron chi connectivity index (χ1n) is 6.19. The summed E-state index contributed by atoms with van der Waals surface area (Å²) in [5.41, 5.74) is 1.87. The Morgan fingerprint density at radius 1 is 1.41 bits per heavy atom. The second-order valence-electron chi connectivity index (χ2n) is 4.79. The van der Waals surface area contributed by atoms with Gasteiger partial charge in [0.25, 0.3) is 0 Å². The zero-order valence-corrected chi connectivity index (χ0v) is 10.7. The van der Waals surface area contributed by atoms with E-state index >= 15 is 0 Å². The van der Waals surface area contributed by atoms with Gasteiger partial charge in [0.1, 0.15) is 6.04 Å². The molecule has 1 aliphatic carbocycles. The molecule has 4 heteroatoms. The van der Waals surface area contributed by atoms with Crippen molar-refractivity contribution in [3.63, 3.8) is 0 Å². The van der Waals surface area contributed by atoms with Gasteiger partial charge in [-0.15, -0.1) is 0 Å². The van der Waals surface area contributed by atoms with Crippen LogP contribution in [0.25, 0.3) is 0 Å². The van der Waals surface area contributed by atoms with Crippen LogP contribution in [-0.2, 0) is 9.59 Å². The van der Waals surface area contributed by atoms with Crippen LogP contribution >= 0.6 is 0 Å². The van der Waals surface area contributed by atoms with Crippen LogP contribution in [0.5, 0.6) is 0 Å². The van der Waals surface area contributed by atoms with E-state index in [1.165, 1.54) is 0 Å². The van der Waals surface area contributed by atoms with E-state index < -0.39 is 12.0 Å². The molecule has 2 unspecified atom stereocenters. The van der Waals surface area contributed by atoms with E-state index in [4.69, 9.17) is 5.11 Å². The van der Waals surface area contributed by atoms with Crippen molar-refractivity contribution in [3.8, 4) is 0 Å². The number of nitrogens with one attached hydrogen (secondary N) is 1. The zero-order valence-electron chi connectivity index (χ0n) is 10.7. The van der Waals surface area contributed by atoms with Crippen molar-refractivity contribution in [2.45, 2.75) is 52.5 Å². The molecule has 2 N–H and O–H groups in total. The predicted octanol–water partition coefficient (Wildman–Crippen LogP) is 2.10. The molecule has 0 aromatic heterocycles. The summed E-state index contributed by atoms with van der Waals surface area (Å²) in [7, 11) is 0. The highest BCUT2D eigenvalue weighted by Gasteiger charge is 2.27. The van der Waals surface area contributed by atoms with Gasteiger partial charge in [0, 0.05) is 5.57 Å². The van der Waals surface area contributed by atoms with Crippen molar-refractivity contribution in [3.05, 3.63) is 11.1 Å². The Kier molecular flexibility index (Phi) is 4.73. The molecule has 0 spiro atoms. The van der Waals surface area contributed by atoms with Gasteiger partial charge in [-0.1, -0.05) is 25.8 Å². The maximum atomic E-state index is 12.0. The average molecular weight is 239 g/mol. The summed E-state index contributed by atoms with van der Waals surface area (Å²) in [6.45, 7) is 5.71. The van der Waals surface area contributed by atoms with Crippen LogP contribution in [0.1, 0.15) is 46.5 Å². The molecule has 0 aromatic rings. The fourth-order valence-electron chi connectivity index (χ4n) is 2.11. The molecule has 0 saturated carbocycles. The fourth-order valence-corrected chi connectivity index (χ4v) is 2.11. The maximum absolute atomic E-state index is 12.0. The van der Waals surface area contributed by atoms with E-state index in [2.05, 4.69) is 5.32 Å². The number of carboxylic acid groups (broad SMARTS) is 1. The summed E-state index contributed by atoms with van der Waals surface area (Å²) in [5, 5.41) is 11.7. The standard InChI is InChI=1S/C13H21NO3/c1-4-8(2)11(13(16)17)14-12(15)10-7-5-6-9(10)3/h8,11H,4-7H2,1-3H3,(H,14,15)(H,16,17). The first-order valence-corrected chi connectivity index (χ1v) is 6.19. The van der Waals surface area contributed by atoms with Crippen LogP contribution in [0.2, 0.25) is 0 Å². The Labute approximate surface area is 102 Å². The average Bonchev–Trinajstić information content (AvgIpc) is 2.70. The highest BCUT2D eigenvalue weighted by Crippen LogP contribution is 2.25. The molecule has 1 aliphatic rings. The van der Waals surface area contributed by atoms with E-state index in [1.807, 2.05) is 20.8 Å². The van der Waals surface area contributed by atoms with E-state index in [0.29, 0.717) is 0 Å². The van der Waals surface area contributed by atoms with Crippen LogP contribution in [0.4, 0.5) is 0 Å². The first-order chi connectivity index (χ1) is 7.97. The molecule has 1 rings (SSSR count). The highest BCUT2D eigenvalue weighted by molar-refractivity contribution is 5.97. The maximum Gasteiger partial charge on any atom is 0.326 e. The van der Waals surface area contributed by atoms with Gasteiger partial charge in [-0.25, -0.2) is 4.79 Å². The lowest BCUT2D eigenvalue weighted by atomic mass is 9.98. The Hall–Kier alpha value is -1.32. The Bertz CT molecular complexity index is 347. The third-order valence-electron chi connectivity index (χ3n) is 3.53. The lowest BCUT2D eigenvalue weighted by Crippen LogP contribution is -2.45. The topological polar surface area (TPSA) is 66.4 Å². The molecule has 1 amide bonds. The van der Waals surface area contributed by atoms with Crippen molar-refractivity contribution in [1.82, 2.24) is 5.32 Å². The molecular formula is C13H21NO3. The van der Waals surface area contributed by atoms with Crippen molar-refractivity contribution >= 4 is 11.9 Å². The molecule has 96 valence electrons. The Morgan fingerprint density at radius 3 is 2.47 bits per heavy atom. The van der Waals surface area contributed by atoms with Gasteiger partial charge >= 0.3 is 5.97 Å². The molecule has 4 nitrogen and oxygen atoms in total. The lowest BCUT2D eigenvalue weighted by molar-refractivity contribution is -0.142. The highest BCUT2D eigenvalue weighted by atomic mass is 16.4. The van der Waals surface area contributed by atoms with Crippen LogP contribution in [0.15, 0.2) is 11.1 Å². The normalized spacial score (nSPS) is 19.0. The summed E-state index contributed by atoms with van der Waals surface area (Å²) in [6.07, 6.45) is 3.44. The van der Waals surface area contributed by atoms with Crippen LogP contribution in [0.3, 0.4) is 0 Å². The summed E-state index contributed by atoms with van der Waals surface area (Å²) < 4.78 is 0. The molecule has 0 aromatic carbocycles. The molecule has 0 aliphatic heterocycles. The number of carbonyl (C=O) groups excluding carboxylic acids is 1. The summed E-state index contributed by atoms with van der Waals surface area (Å²) in [4.78, 5) is 23.1. The molecule has 17 heavy (non-hydrogen) atoms. The minimum Gasteiger partial charge on any atom is -0.480 e. The second kappa shape index (κ2) is 5.84. The molecule has 2 atom stereocenters. The van der Waals surface area contributed by atoms with E-state index in [9.17, 15) is 9.59 Å². The Morgan fingerprint density at radius 2 is 2.06 bits per heavy atom. The molecular weight excluding hydrogens is 218 g/mol. The summed E-state index contributed by atoms with van der Waals surface area (Å²) in [5.74, 6) is -1.21. The quantitative estimate of drug-likeness (QED) is 0.772. The number of hydrogen-bond donors (Lipinski definition) is 2. The SMILES string of the molecule is CCC(C)C(NC(=O)C1=C(C)CCC1)C(=O)O. The van der Waals surface area contributed by atoms with Gasteiger partial charge in [0.15, 0.2) is 0 Å². The van der Waals surface area contributed by atoms with Crippen molar-refractivity contribution in [2.24, 2.45) is 5.92 Å². The number of rotatable bonds is 5. The third kappa shape index (κ3) is 3.32. The van der Waals surface area contributed by atoms with Crippen LogP contribution < -0.4 is 5.32 Å². The van der Waals surface area contributed by atoms with Crippen molar-refractivity contribution < 1.29 is 14.7 Å². The van der Waals surface area contributed by atoms with Gasteiger partial charge in [-0.2, -0.15) is 0 Å². The molecule has 0 radical (unpaired) electrons. The predicted molar refractivity (Wildman–Crippen MR) is 65.6 cm³/mol.